The van der Waals surface area contributed by atoms with Gasteiger partial charge in [0.25, 0.3) is 0 Å². The average Bonchev–Trinajstić information content (AvgIpc) is 3.51. The lowest BCUT2D eigenvalue weighted by Gasteiger charge is -2.21. The Morgan fingerprint density at radius 3 is 2.42 bits per heavy atom. The largest absolute Gasteiger partial charge is 0.434 e. The molecule has 1 aliphatic carbocycles. The molecule has 1 aliphatic rings. The van der Waals surface area contributed by atoms with E-state index in [1.165, 1.54) is 12.3 Å². The summed E-state index contributed by atoms with van der Waals surface area (Å²) in [5, 5.41) is 7.40. The molecule has 0 bridgehead atoms. The third-order valence-corrected chi connectivity index (χ3v) is 5.31. The van der Waals surface area contributed by atoms with Gasteiger partial charge < -0.3 is 10.1 Å². The van der Waals surface area contributed by atoms with Crippen molar-refractivity contribution in [2.24, 2.45) is 5.92 Å². The van der Waals surface area contributed by atoms with Crippen molar-refractivity contribution in [2.45, 2.75) is 64.9 Å². The normalized spacial score (nSPS) is 14.3. The third-order valence-electron chi connectivity index (χ3n) is 4.91. The Labute approximate surface area is 191 Å². The highest BCUT2D eigenvalue weighted by atomic mass is 35.5. The van der Waals surface area contributed by atoms with Crippen LogP contribution in [0.15, 0.2) is 12.3 Å². The van der Waals surface area contributed by atoms with Crippen molar-refractivity contribution in [3.05, 3.63) is 23.0 Å². The standard InChI is InChI=1S/C19H22ClF5N4O.CO2/c1-3-12-16(20)17(29(4-2)28-12)11-9-26-15(7-14(11)30-18(21)22)27-13(10-5-6-10)8-19(23,24)25;2-1-3/h7,9-10,13,18H,3-6,8H2,1-2H3,(H,26,27);. The molecule has 2 heterocycles. The van der Waals surface area contributed by atoms with Crippen LogP contribution in [-0.4, -0.2) is 39.7 Å². The van der Waals surface area contributed by atoms with Crippen molar-refractivity contribution in [1.29, 1.82) is 0 Å². The first-order valence-corrected chi connectivity index (χ1v) is 10.4. The highest BCUT2D eigenvalue weighted by Crippen LogP contribution is 2.41. The Morgan fingerprint density at radius 1 is 1.30 bits per heavy atom. The Morgan fingerprint density at radius 2 is 1.94 bits per heavy atom. The fraction of sp³-hybridized carbons (Fsp3) is 0.550. The smallest absolute Gasteiger partial charge is 0.391 e. The maximum absolute atomic E-state index is 13.1. The predicted molar refractivity (Wildman–Crippen MR) is 108 cm³/mol. The van der Waals surface area contributed by atoms with Crippen LogP contribution in [0.2, 0.25) is 5.02 Å². The number of carbonyl (C=O) groups excluding carboxylic acids is 2. The first kappa shape index (κ1) is 26.5. The zero-order valence-corrected chi connectivity index (χ0v) is 18.5. The highest BCUT2D eigenvalue weighted by Gasteiger charge is 2.40. The Kier molecular flexibility index (Phi) is 9.18. The minimum atomic E-state index is -4.35. The van der Waals surface area contributed by atoms with Gasteiger partial charge in [-0.05, 0) is 32.1 Å². The molecule has 1 unspecified atom stereocenters. The van der Waals surface area contributed by atoms with Crippen LogP contribution in [0.4, 0.5) is 27.8 Å². The number of anilines is 1. The molecule has 1 N–H and O–H groups in total. The summed E-state index contributed by atoms with van der Waals surface area (Å²) in [4.78, 5) is 20.4. The topological polar surface area (TPSA) is 86.1 Å². The monoisotopic (exact) mass is 496 g/mol. The molecule has 3 rings (SSSR count). The second-order valence-electron chi connectivity index (χ2n) is 7.21. The lowest BCUT2D eigenvalue weighted by Crippen LogP contribution is -2.29. The summed E-state index contributed by atoms with van der Waals surface area (Å²) in [6, 6.07) is 0.307. The van der Waals surface area contributed by atoms with E-state index in [-0.39, 0.29) is 29.2 Å². The summed E-state index contributed by atoms with van der Waals surface area (Å²) in [7, 11) is 0. The molecule has 0 radical (unpaired) electrons. The van der Waals surface area contributed by atoms with Gasteiger partial charge in [-0.3, -0.25) is 4.68 Å². The van der Waals surface area contributed by atoms with Gasteiger partial charge in [0.1, 0.15) is 11.6 Å². The molecule has 0 aromatic carbocycles. The van der Waals surface area contributed by atoms with Crippen molar-refractivity contribution in [3.8, 4) is 17.0 Å². The number of halogens is 6. The second kappa shape index (κ2) is 11.4. The maximum atomic E-state index is 13.1. The molecule has 0 spiro atoms. The van der Waals surface area contributed by atoms with Crippen molar-refractivity contribution in [1.82, 2.24) is 14.8 Å². The summed E-state index contributed by atoms with van der Waals surface area (Å²) >= 11 is 6.40. The zero-order valence-electron chi connectivity index (χ0n) is 17.8. The van der Waals surface area contributed by atoms with Crippen LogP contribution in [0.1, 0.15) is 38.8 Å². The van der Waals surface area contributed by atoms with Crippen molar-refractivity contribution < 1.29 is 36.3 Å². The molecule has 0 amide bonds. The molecule has 1 atom stereocenters. The van der Waals surface area contributed by atoms with Gasteiger partial charge >= 0.3 is 18.9 Å². The Bertz CT molecular complexity index is 973. The molecular formula is C20H22ClF5N4O3. The number of hydrogen-bond acceptors (Lipinski definition) is 6. The summed E-state index contributed by atoms with van der Waals surface area (Å²) in [6.07, 6.45) is -1.96. The molecule has 2 aromatic heterocycles. The predicted octanol–water partition coefficient (Wildman–Crippen LogP) is 5.34. The van der Waals surface area contributed by atoms with Gasteiger partial charge in [-0.25, -0.2) is 4.98 Å². The van der Waals surface area contributed by atoms with Gasteiger partial charge in [0.15, 0.2) is 0 Å². The van der Waals surface area contributed by atoms with Gasteiger partial charge in [-0.2, -0.15) is 36.6 Å². The first-order chi connectivity index (χ1) is 15.5. The fourth-order valence-corrected chi connectivity index (χ4v) is 3.73. The van der Waals surface area contributed by atoms with Gasteiger partial charge in [0, 0.05) is 24.8 Å². The number of alkyl halides is 5. The number of nitrogens with one attached hydrogen (secondary N) is 1. The van der Waals surface area contributed by atoms with E-state index in [1.54, 1.807) is 4.68 Å². The summed E-state index contributed by atoms with van der Waals surface area (Å²) < 4.78 is 71.0. The lowest BCUT2D eigenvalue weighted by molar-refractivity contribution is -0.191. The molecule has 0 saturated heterocycles. The highest BCUT2D eigenvalue weighted by molar-refractivity contribution is 6.33. The van der Waals surface area contributed by atoms with Crippen LogP contribution in [0, 0.1) is 5.92 Å². The van der Waals surface area contributed by atoms with E-state index in [4.69, 9.17) is 21.2 Å². The number of rotatable bonds is 9. The first-order valence-electron chi connectivity index (χ1n) is 10.1. The van der Waals surface area contributed by atoms with Crippen LogP contribution < -0.4 is 10.1 Å². The van der Waals surface area contributed by atoms with Crippen molar-refractivity contribution in [3.63, 3.8) is 0 Å². The van der Waals surface area contributed by atoms with E-state index in [1.807, 2.05) is 13.8 Å². The number of pyridine rings is 1. The lowest BCUT2D eigenvalue weighted by atomic mass is 10.1. The van der Waals surface area contributed by atoms with Gasteiger partial charge in [-0.15, -0.1) is 0 Å². The summed E-state index contributed by atoms with van der Waals surface area (Å²) in [5.41, 5.74) is 1.16. The van der Waals surface area contributed by atoms with Crippen molar-refractivity contribution in [2.75, 3.05) is 5.32 Å². The number of ether oxygens (including phenoxy) is 1. The summed E-state index contributed by atoms with van der Waals surface area (Å²) in [5.74, 6) is -0.330. The van der Waals surface area contributed by atoms with Crippen LogP contribution in [0.3, 0.4) is 0 Å². The van der Waals surface area contributed by atoms with E-state index >= 15 is 0 Å². The number of aromatic nitrogens is 3. The van der Waals surface area contributed by atoms with Gasteiger partial charge in [-0.1, -0.05) is 18.5 Å². The second-order valence-corrected chi connectivity index (χ2v) is 7.59. The summed E-state index contributed by atoms with van der Waals surface area (Å²) in [6.45, 7) is 0.980. The van der Waals surface area contributed by atoms with E-state index in [2.05, 4.69) is 20.1 Å². The van der Waals surface area contributed by atoms with E-state index in [9.17, 15) is 22.0 Å². The number of aryl methyl sites for hydroxylation is 2. The van der Waals surface area contributed by atoms with Crippen LogP contribution in [0.25, 0.3) is 11.3 Å². The molecule has 33 heavy (non-hydrogen) atoms. The molecule has 13 heteroatoms. The number of hydrogen-bond donors (Lipinski definition) is 1. The Hall–Kier alpha value is -2.72. The van der Waals surface area contributed by atoms with Crippen LogP contribution in [-0.2, 0) is 22.6 Å². The van der Waals surface area contributed by atoms with Crippen LogP contribution >= 0.6 is 11.6 Å². The molecule has 0 aliphatic heterocycles. The van der Waals surface area contributed by atoms with E-state index in [0.717, 1.165) is 0 Å². The molecule has 2 aromatic rings. The van der Waals surface area contributed by atoms with Crippen LogP contribution in [0.5, 0.6) is 5.75 Å². The molecule has 7 nitrogen and oxygen atoms in total. The third kappa shape index (κ3) is 7.40. The molecule has 182 valence electrons. The fourth-order valence-electron chi connectivity index (χ4n) is 3.36. The Balaban J connectivity index is 0.00000122. The number of nitrogens with zero attached hydrogens (tertiary/aromatic N) is 3. The minimum Gasteiger partial charge on any atom is -0.434 e. The molecule has 1 fully saturated rings. The maximum Gasteiger partial charge on any atom is 0.391 e. The van der Waals surface area contributed by atoms with E-state index < -0.39 is 25.3 Å². The molecular weight excluding hydrogens is 475 g/mol. The zero-order chi connectivity index (χ0) is 24.8. The molecule has 1 saturated carbocycles. The van der Waals surface area contributed by atoms with Gasteiger partial charge in [0.05, 0.1) is 28.4 Å². The van der Waals surface area contributed by atoms with E-state index in [0.29, 0.717) is 42.2 Å². The van der Waals surface area contributed by atoms with Crippen molar-refractivity contribution >= 4 is 23.6 Å². The minimum absolute atomic E-state index is 0.0324. The van der Waals surface area contributed by atoms with Gasteiger partial charge in [0.2, 0.25) is 0 Å². The quantitative estimate of drug-likeness (QED) is 0.471. The SMILES string of the molecule is CCc1nn(CC)c(-c2cnc(NC(CC(F)(F)F)C3CC3)cc2OC(F)F)c1Cl.O=C=O. The average molecular weight is 497 g/mol.